The number of hydrogen-bond acceptors (Lipinski definition) is 1. The van der Waals surface area contributed by atoms with E-state index in [-0.39, 0.29) is 6.10 Å². The van der Waals surface area contributed by atoms with E-state index in [1.165, 1.54) is 30.8 Å². The Balaban J connectivity index is 1.71. The first-order chi connectivity index (χ1) is 9.24. The summed E-state index contributed by atoms with van der Waals surface area (Å²) in [6.45, 7) is 5.54. The molecule has 19 heavy (non-hydrogen) atoms. The molecule has 1 atom stereocenters. The van der Waals surface area contributed by atoms with Crippen LogP contribution in [0.4, 0.5) is 0 Å². The quantitative estimate of drug-likeness (QED) is 0.768. The molecule has 0 bridgehead atoms. The number of piperidine rings is 1. The van der Waals surface area contributed by atoms with Gasteiger partial charge in [-0.05, 0) is 24.8 Å². The number of fused-ring (bicyclic) bond motifs is 1. The van der Waals surface area contributed by atoms with Crippen LogP contribution in [0.3, 0.4) is 0 Å². The predicted molar refractivity (Wildman–Crippen MR) is 77.2 cm³/mol. The predicted octanol–water partition coefficient (Wildman–Crippen LogP) is 1.52. The summed E-state index contributed by atoms with van der Waals surface area (Å²) in [7, 11) is 0. The first-order valence-corrected chi connectivity index (χ1v) is 7.31. The van der Waals surface area contributed by atoms with Gasteiger partial charge in [-0.3, -0.25) is 0 Å². The van der Waals surface area contributed by atoms with E-state index in [9.17, 15) is 5.11 Å². The van der Waals surface area contributed by atoms with E-state index in [4.69, 9.17) is 0 Å². The summed E-state index contributed by atoms with van der Waals surface area (Å²) < 4.78 is 0. The van der Waals surface area contributed by atoms with Crippen LogP contribution in [0, 0.1) is 5.92 Å². The van der Waals surface area contributed by atoms with Gasteiger partial charge in [0.2, 0.25) is 0 Å². The lowest BCUT2D eigenvalue weighted by molar-refractivity contribution is -0.909. The zero-order valence-electron chi connectivity index (χ0n) is 11.5. The number of aromatic nitrogens is 1. The highest BCUT2D eigenvalue weighted by atomic mass is 16.3. The molecule has 1 aromatic carbocycles. The number of quaternary nitrogens is 1. The largest absolute Gasteiger partial charge is 0.382 e. The van der Waals surface area contributed by atoms with Gasteiger partial charge in [-0.25, -0.2) is 0 Å². The molecule has 3 N–H and O–H groups in total. The molecule has 3 rings (SSSR count). The molecule has 1 aromatic heterocycles. The number of para-hydroxylation sites is 1. The van der Waals surface area contributed by atoms with Crippen LogP contribution in [0.15, 0.2) is 30.5 Å². The van der Waals surface area contributed by atoms with E-state index in [2.05, 4.69) is 24.0 Å². The maximum absolute atomic E-state index is 10.5. The SMILES string of the molecule is CC1CC[NH+](C[C@@H](O)c2c[nH]c3ccccc23)CC1. The van der Waals surface area contributed by atoms with Crippen molar-refractivity contribution in [2.75, 3.05) is 19.6 Å². The molecule has 0 saturated carbocycles. The van der Waals surface area contributed by atoms with Crippen LogP contribution in [0.1, 0.15) is 31.4 Å². The fourth-order valence-corrected chi connectivity index (χ4v) is 3.13. The molecule has 0 unspecified atom stereocenters. The summed E-state index contributed by atoms with van der Waals surface area (Å²) in [6.07, 6.45) is 4.17. The highest BCUT2D eigenvalue weighted by Gasteiger charge is 2.23. The lowest BCUT2D eigenvalue weighted by Gasteiger charge is -2.28. The van der Waals surface area contributed by atoms with Gasteiger partial charge in [0.1, 0.15) is 12.6 Å². The number of hydrogen-bond donors (Lipinski definition) is 3. The summed E-state index contributed by atoms with van der Waals surface area (Å²) in [6, 6.07) is 8.19. The van der Waals surface area contributed by atoms with Gasteiger partial charge >= 0.3 is 0 Å². The van der Waals surface area contributed by atoms with E-state index < -0.39 is 0 Å². The third-order valence-corrected chi connectivity index (χ3v) is 4.44. The zero-order chi connectivity index (χ0) is 13.2. The van der Waals surface area contributed by atoms with Crippen molar-refractivity contribution in [3.8, 4) is 0 Å². The number of aliphatic hydroxyl groups is 1. The summed E-state index contributed by atoms with van der Waals surface area (Å²) in [5, 5.41) is 11.6. The van der Waals surface area contributed by atoms with Crippen molar-refractivity contribution in [2.45, 2.75) is 25.9 Å². The third kappa shape index (κ3) is 2.67. The van der Waals surface area contributed by atoms with Gasteiger partial charge in [0.05, 0.1) is 13.1 Å². The summed E-state index contributed by atoms with van der Waals surface area (Å²) in [5.74, 6) is 0.856. The van der Waals surface area contributed by atoms with E-state index in [1.54, 1.807) is 0 Å². The molecule has 1 fully saturated rings. The molecule has 0 radical (unpaired) electrons. The summed E-state index contributed by atoms with van der Waals surface area (Å²) in [4.78, 5) is 4.78. The van der Waals surface area contributed by atoms with Gasteiger partial charge in [0.25, 0.3) is 0 Å². The van der Waals surface area contributed by atoms with Gasteiger partial charge in [-0.15, -0.1) is 0 Å². The van der Waals surface area contributed by atoms with Gasteiger partial charge in [-0.1, -0.05) is 25.1 Å². The minimum atomic E-state index is -0.362. The van der Waals surface area contributed by atoms with Crippen molar-refractivity contribution in [2.24, 2.45) is 5.92 Å². The van der Waals surface area contributed by atoms with Crippen LogP contribution in [0.5, 0.6) is 0 Å². The smallest absolute Gasteiger partial charge is 0.130 e. The molecule has 1 aliphatic heterocycles. The topological polar surface area (TPSA) is 40.5 Å². The van der Waals surface area contributed by atoms with Gasteiger partial charge in [0.15, 0.2) is 0 Å². The average Bonchev–Trinajstić information content (AvgIpc) is 2.85. The van der Waals surface area contributed by atoms with Gasteiger partial charge in [0, 0.05) is 22.7 Å². The molecule has 0 aliphatic carbocycles. The Morgan fingerprint density at radius 2 is 2.05 bits per heavy atom. The number of H-pyrrole nitrogens is 1. The maximum Gasteiger partial charge on any atom is 0.130 e. The van der Waals surface area contributed by atoms with Gasteiger partial charge in [-0.2, -0.15) is 0 Å². The minimum Gasteiger partial charge on any atom is -0.382 e. The van der Waals surface area contributed by atoms with E-state index in [0.29, 0.717) is 0 Å². The van der Waals surface area contributed by atoms with Crippen LogP contribution >= 0.6 is 0 Å². The van der Waals surface area contributed by atoms with Crippen molar-refractivity contribution in [1.29, 1.82) is 0 Å². The average molecular weight is 259 g/mol. The van der Waals surface area contributed by atoms with Crippen molar-refractivity contribution in [3.05, 3.63) is 36.0 Å². The zero-order valence-corrected chi connectivity index (χ0v) is 11.5. The Morgan fingerprint density at radius 1 is 1.32 bits per heavy atom. The van der Waals surface area contributed by atoms with Crippen molar-refractivity contribution in [3.63, 3.8) is 0 Å². The third-order valence-electron chi connectivity index (χ3n) is 4.44. The molecule has 102 valence electrons. The lowest BCUT2D eigenvalue weighted by atomic mass is 9.98. The second kappa shape index (κ2) is 5.35. The van der Waals surface area contributed by atoms with E-state index in [1.807, 2.05) is 18.3 Å². The van der Waals surface area contributed by atoms with Crippen LogP contribution in [0.25, 0.3) is 10.9 Å². The Bertz CT molecular complexity index is 540. The molecule has 3 nitrogen and oxygen atoms in total. The second-order valence-corrected chi connectivity index (χ2v) is 5.94. The molecule has 2 heterocycles. The van der Waals surface area contributed by atoms with Crippen molar-refractivity contribution in [1.82, 2.24) is 4.98 Å². The standard InChI is InChI=1S/C16H22N2O/c1-12-6-8-18(9-7-12)11-16(19)14-10-17-15-5-3-2-4-13(14)15/h2-5,10,12,16-17,19H,6-9,11H2,1H3/p+1/t16-/m1/s1. The fourth-order valence-electron chi connectivity index (χ4n) is 3.13. The normalized spacial score (nSPS) is 25.6. The summed E-state index contributed by atoms with van der Waals surface area (Å²) in [5.41, 5.74) is 2.15. The first-order valence-electron chi connectivity index (χ1n) is 7.31. The molecular formula is C16H23N2O+. The van der Waals surface area contributed by atoms with Crippen LogP contribution in [-0.4, -0.2) is 29.7 Å². The first kappa shape index (κ1) is 12.7. The maximum atomic E-state index is 10.5. The molecule has 3 heteroatoms. The Hall–Kier alpha value is -1.32. The van der Waals surface area contributed by atoms with Crippen LogP contribution in [0.2, 0.25) is 0 Å². The fraction of sp³-hybridized carbons (Fsp3) is 0.500. The second-order valence-electron chi connectivity index (χ2n) is 5.94. The van der Waals surface area contributed by atoms with Crippen molar-refractivity contribution < 1.29 is 10.0 Å². The minimum absolute atomic E-state index is 0.362. The van der Waals surface area contributed by atoms with Crippen LogP contribution in [-0.2, 0) is 0 Å². The Labute approximate surface area is 114 Å². The molecule has 0 spiro atoms. The van der Waals surface area contributed by atoms with E-state index >= 15 is 0 Å². The molecule has 2 aromatic rings. The Morgan fingerprint density at radius 3 is 2.84 bits per heavy atom. The summed E-state index contributed by atoms with van der Waals surface area (Å²) >= 11 is 0. The monoisotopic (exact) mass is 259 g/mol. The van der Waals surface area contributed by atoms with E-state index in [0.717, 1.165) is 28.9 Å². The number of likely N-dealkylation sites (tertiary alicyclic amines) is 1. The van der Waals surface area contributed by atoms with Crippen LogP contribution < -0.4 is 4.90 Å². The number of nitrogens with one attached hydrogen (secondary N) is 2. The van der Waals surface area contributed by atoms with Gasteiger partial charge < -0.3 is 15.0 Å². The molecule has 0 amide bonds. The molecule has 1 saturated heterocycles. The number of aromatic amines is 1. The number of rotatable bonds is 3. The lowest BCUT2D eigenvalue weighted by Crippen LogP contribution is -3.13. The highest BCUT2D eigenvalue weighted by Crippen LogP contribution is 2.23. The Kier molecular flexibility index (Phi) is 3.58. The number of aliphatic hydroxyl groups excluding tert-OH is 1. The molecular weight excluding hydrogens is 236 g/mol. The number of benzene rings is 1. The highest BCUT2D eigenvalue weighted by molar-refractivity contribution is 5.83. The van der Waals surface area contributed by atoms with Crippen molar-refractivity contribution >= 4 is 10.9 Å². The molecule has 1 aliphatic rings.